The normalized spacial score (nSPS) is 23.4. The van der Waals surface area contributed by atoms with Crippen LogP contribution in [-0.2, 0) is 4.74 Å². The van der Waals surface area contributed by atoms with Crippen molar-refractivity contribution in [2.45, 2.75) is 18.4 Å². The molecule has 2 aliphatic rings. The Hall–Kier alpha value is -2.86. The topological polar surface area (TPSA) is 77.2 Å². The Morgan fingerprint density at radius 2 is 2.22 bits per heavy atom. The maximum Gasteiger partial charge on any atom is 0.264 e. The quantitative estimate of drug-likeness (QED) is 0.834. The van der Waals surface area contributed by atoms with Crippen molar-refractivity contribution in [1.82, 2.24) is 4.90 Å². The van der Waals surface area contributed by atoms with Crippen LogP contribution >= 0.6 is 0 Å². The SMILES string of the molecule is C=CC=C(C=C)c1ccc2c(c1)C(=O)N(C)C(N)=NCC1(CCCOC1)O2. The first kappa shape index (κ1) is 18.9. The Bertz CT molecular complexity index is 820. The molecule has 2 N–H and O–H groups in total. The van der Waals surface area contributed by atoms with E-state index in [4.69, 9.17) is 15.2 Å². The number of amides is 1. The molecule has 6 heteroatoms. The van der Waals surface area contributed by atoms with Crippen LogP contribution in [0.15, 0.2) is 54.6 Å². The second-order valence-electron chi connectivity index (χ2n) is 6.75. The molecule has 27 heavy (non-hydrogen) atoms. The van der Waals surface area contributed by atoms with Crippen LogP contribution in [0, 0.1) is 0 Å². The maximum absolute atomic E-state index is 13.0. The van der Waals surface area contributed by atoms with Crippen LogP contribution in [0.2, 0.25) is 0 Å². The standard InChI is InChI=1S/C21H25N3O3/c1-4-7-15(5-2)16-8-9-18-17(12-16)19(25)24(3)20(22)23-13-21(27-18)10-6-11-26-14-21/h4-5,7-9,12H,1-2,6,10-11,13-14H2,3H3,(H2,22,23). The third-order valence-corrected chi connectivity index (χ3v) is 4.85. The number of hydrogen-bond donors (Lipinski definition) is 1. The van der Waals surface area contributed by atoms with E-state index in [0.29, 0.717) is 31.1 Å². The van der Waals surface area contributed by atoms with E-state index in [0.717, 1.165) is 24.0 Å². The van der Waals surface area contributed by atoms with Gasteiger partial charge in [-0.25, -0.2) is 4.99 Å². The van der Waals surface area contributed by atoms with Crippen LogP contribution in [0.5, 0.6) is 5.75 Å². The molecule has 142 valence electrons. The highest BCUT2D eigenvalue weighted by Gasteiger charge is 2.38. The smallest absolute Gasteiger partial charge is 0.264 e. The summed E-state index contributed by atoms with van der Waals surface area (Å²) in [4.78, 5) is 18.8. The van der Waals surface area contributed by atoms with E-state index in [2.05, 4.69) is 18.2 Å². The number of nitrogens with zero attached hydrogens (tertiary/aromatic N) is 2. The molecule has 1 saturated heterocycles. The van der Waals surface area contributed by atoms with Crippen LogP contribution in [0.1, 0.15) is 28.8 Å². The number of rotatable bonds is 3. The summed E-state index contributed by atoms with van der Waals surface area (Å²) in [5, 5.41) is 0. The molecule has 1 aromatic rings. The van der Waals surface area contributed by atoms with Crippen LogP contribution in [0.25, 0.3) is 5.57 Å². The lowest BCUT2D eigenvalue weighted by Crippen LogP contribution is -2.47. The number of ether oxygens (including phenoxy) is 2. The minimum Gasteiger partial charge on any atom is -0.482 e. The van der Waals surface area contributed by atoms with Crippen molar-refractivity contribution in [3.63, 3.8) is 0 Å². The van der Waals surface area contributed by atoms with Crippen LogP contribution in [0.4, 0.5) is 0 Å². The predicted molar refractivity (Wildman–Crippen MR) is 107 cm³/mol. The van der Waals surface area contributed by atoms with Gasteiger partial charge in [0.15, 0.2) is 11.6 Å². The maximum atomic E-state index is 13.0. The molecule has 1 unspecified atom stereocenters. The number of carbonyl (C=O) groups is 1. The molecule has 1 spiro atoms. The lowest BCUT2D eigenvalue weighted by atomic mass is 9.95. The molecule has 2 heterocycles. The van der Waals surface area contributed by atoms with Crippen LogP contribution < -0.4 is 10.5 Å². The van der Waals surface area contributed by atoms with Gasteiger partial charge in [-0.2, -0.15) is 0 Å². The Morgan fingerprint density at radius 1 is 1.41 bits per heavy atom. The van der Waals surface area contributed by atoms with Gasteiger partial charge >= 0.3 is 0 Å². The lowest BCUT2D eigenvalue weighted by Gasteiger charge is -2.36. The zero-order chi connectivity index (χ0) is 19.4. The van der Waals surface area contributed by atoms with Crippen molar-refractivity contribution in [3.8, 4) is 5.75 Å². The summed E-state index contributed by atoms with van der Waals surface area (Å²) >= 11 is 0. The van der Waals surface area contributed by atoms with E-state index in [1.54, 1.807) is 25.3 Å². The highest BCUT2D eigenvalue weighted by molar-refractivity contribution is 6.07. The fourth-order valence-electron chi connectivity index (χ4n) is 3.29. The second kappa shape index (κ2) is 7.80. The van der Waals surface area contributed by atoms with Gasteiger partial charge in [0.1, 0.15) is 5.75 Å². The van der Waals surface area contributed by atoms with Crippen molar-refractivity contribution in [1.29, 1.82) is 0 Å². The molecule has 6 nitrogen and oxygen atoms in total. The summed E-state index contributed by atoms with van der Waals surface area (Å²) < 4.78 is 12.0. The minimum absolute atomic E-state index is 0.164. The molecule has 2 aliphatic heterocycles. The fraction of sp³-hybridized carbons (Fsp3) is 0.333. The first-order valence-electron chi connectivity index (χ1n) is 8.94. The van der Waals surface area contributed by atoms with Gasteiger partial charge in [0.2, 0.25) is 0 Å². The first-order chi connectivity index (χ1) is 13.0. The van der Waals surface area contributed by atoms with E-state index < -0.39 is 5.60 Å². The first-order valence-corrected chi connectivity index (χ1v) is 8.94. The zero-order valence-corrected chi connectivity index (χ0v) is 15.6. The summed E-state index contributed by atoms with van der Waals surface area (Å²) in [6, 6.07) is 5.51. The zero-order valence-electron chi connectivity index (χ0n) is 15.6. The highest BCUT2D eigenvalue weighted by atomic mass is 16.5. The van der Waals surface area contributed by atoms with Crippen molar-refractivity contribution in [3.05, 3.63) is 60.7 Å². The van der Waals surface area contributed by atoms with E-state index in [1.807, 2.05) is 18.2 Å². The lowest BCUT2D eigenvalue weighted by molar-refractivity contribution is -0.0618. The average molecular weight is 367 g/mol. The Labute approximate surface area is 159 Å². The number of guanidine groups is 1. The highest BCUT2D eigenvalue weighted by Crippen LogP contribution is 2.33. The Morgan fingerprint density at radius 3 is 2.89 bits per heavy atom. The van der Waals surface area contributed by atoms with Gasteiger partial charge < -0.3 is 15.2 Å². The van der Waals surface area contributed by atoms with Gasteiger partial charge in [-0.1, -0.05) is 37.5 Å². The Balaban J connectivity index is 2.12. The fourth-order valence-corrected chi connectivity index (χ4v) is 3.29. The van der Waals surface area contributed by atoms with Crippen molar-refractivity contribution < 1.29 is 14.3 Å². The number of aliphatic imine (C=N–C) groups is 1. The number of carbonyl (C=O) groups excluding carboxylic acids is 1. The molecule has 0 radical (unpaired) electrons. The van der Waals surface area contributed by atoms with Gasteiger partial charge in [0.05, 0.1) is 18.7 Å². The predicted octanol–water partition coefficient (Wildman–Crippen LogP) is 2.77. The van der Waals surface area contributed by atoms with Crippen molar-refractivity contribution in [2.24, 2.45) is 10.7 Å². The average Bonchev–Trinajstić information content (AvgIpc) is 2.72. The molecule has 3 rings (SSSR count). The molecule has 1 amide bonds. The third-order valence-electron chi connectivity index (χ3n) is 4.85. The molecular weight excluding hydrogens is 342 g/mol. The van der Waals surface area contributed by atoms with Gasteiger partial charge in [0.25, 0.3) is 5.91 Å². The second-order valence-corrected chi connectivity index (χ2v) is 6.75. The number of benzene rings is 1. The Kier molecular flexibility index (Phi) is 5.46. The summed E-state index contributed by atoms with van der Waals surface area (Å²) in [5.41, 5.74) is 7.56. The number of fused-ring (bicyclic) bond motifs is 1. The van der Waals surface area contributed by atoms with E-state index in [1.165, 1.54) is 4.90 Å². The van der Waals surface area contributed by atoms with E-state index in [9.17, 15) is 4.79 Å². The summed E-state index contributed by atoms with van der Waals surface area (Å²) in [6.07, 6.45) is 6.90. The van der Waals surface area contributed by atoms with E-state index >= 15 is 0 Å². The molecule has 0 saturated carbocycles. The molecule has 0 bridgehead atoms. The van der Waals surface area contributed by atoms with Gasteiger partial charge in [0, 0.05) is 13.7 Å². The molecule has 1 fully saturated rings. The minimum atomic E-state index is -0.622. The van der Waals surface area contributed by atoms with E-state index in [-0.39, 0.29) is 11.9 Å². The third kappa shape index (κ3) is 3.80. The summed E-state index contributed by atoms with van der Waals surface area (Å²) in [5.74, 6) is 0.397. The number of allylic oxidation sites excluding steroid dienone is 4. The number of hydrogen-bond acceptors (Lipinski definition) is 5. The van der Waals surface area contributed by atoms with Crippen molar-refractivity contribution >= 4 is 17.4 Å². The van der Waals surface area contributed by atoms with Crippen LogP contribution in [0.3, 0.4) is 0 Å². The monoisotopic (exact) mass is 367 g/mol. The number of nitrogens with two attached hydrogens (primary N) is 1. The summed E-state index contributed by atoms with van der Waals surface area (Å²) in [6.45, 7) is 9.01. The largest absolute Gasteiger partial charge is 0.482 e. The molecule has 0 aromatic heterocycles. The molecule has 1 atom stereocenters. The van der Waals surface area contributed by atoms with Crippen LogP contribution in [-0.4, -0.2) is 49.2 Å². The molecule has 0 aliphatic carbocycles. The van der Waals surface area contributed by atoms with Gasteiger partial charge in [-0.3, -0.25) is 9.69 Å². The van der Waals surface area contributed by atoms with Gasteiger partial charge in [-0.15, -0.1) is 0 Å². The molecule has 1 aromatic carbocycles. The summed E-state index contributed by atoms with van der Waals surface area (Å²) in [7, 11) is 1.61. The molecular formula is C21H25N3O3. The van der Waals surface area contributed by atoms with Crippen molar-refractivity contribution in [2.75, 3.05) is 26.8 Å². The van der Waals surface area contributed by atoms with Gasteiger partial charge in [-0.05, 0) is 36.1 Å².